The Balaban J connectivity index is 2.81. The molecule has 4 nitrogen and oxygen atoms in total. The van der Waals surface area contributed by atoms with Crippen molar-refractivity contribution >= 4 is 23.4 Å². The first-order chi connectivity index (χ1) is 8.24. The van der Waals surface area contributed by atoms with Gasteiger partial charge in [0, 0.05) is 5.56 Å². The highest BCUT2D eigenvalue weighted by Gasteiger charge is 2.28. The molecule has 1 rings (SSSR count). The van der Waals surface area contributed by atoms with Crippen molar-refractivity contribution < 1.29 is 19.4 Å². The Morgan fingerprint density at radius 2 is 2.00 bits per heavy atom. The van der Waals surface area contributed by atoms with E-state index in [2.05, 4.69) is 0 Å². The molecule has 98 valence electrons. The highest BCUT2D eigenvalue weighted by atomic mass is 35.5. The zero-order chi connectivity index (χ0) is 13.9. The summed E-state index contributed by atoms with van der Waals surface area (Å²) < 4.78 is 5.37. The number of carbonyl (C=O) groups excluding carboxylic acids is 1. The summed E-state index contributed by atoms with van der Waals surface area (Å²) in [5.74, 6) is -0.663. The highest BCUT2D eigenvalue weighted by molar-refractivity contribution is 6.32. The molecule has 0 aliphatic carbocycles. The number of Topliss-reactive ketones (excluding diaryl/α,β-unsaturated/α-hetero) is 1. The van der Waals surface area contributed by atoms with Gasteiger partial charge in [0.05, 0.1) is 10.4 Å². The van der Waals surface area contributed by atoms with Gasteiger partial charge in [-0.15, -0.1) is 0 Å². The van der Waals surface area contributed by atoms with E-state index in [0.717, 1.165) is 0 Å². The predicted octanol–water partition coefficient (Wildman–Crippen LogP) is 3.03. The molecule has 1 aromatic carbocycles. The molecular formula is C13H15ClO4. The Kier molecular flexibility index (Phi) is 4.35. The van der Waals surface area contributed by atoms with E-state index < -0.39 is 11.4 Å². The van der Waals surface area contributed by atoms with Gasteiger partial charge in [-0.25, -0.2) is 0 Å². The fourth-order valence-corrected chi connectivity index (χ4v) is 1.39. The standard InChI is InChI=1S/C13H15ClO4/c1-8(15)9-4-5-11(10(14)6-9)18-7-13(2,3)12(16)17/h4-6H,7H2,1-3H3,(H,16,17). The third kappa shape index (κ3) is 3.47. The van der Waals surface area contributed by atoms with Crippen molar-refractivity contribution in [2.75, 3.05) is 6.61 Å². The van der Waals surface area contributed by atoms with Gasteiger partial charge in [0.2, 0.25) is 0 Å². The molecule has 0 aromatic heterocycles. The van der Waals surface area contributed by atoms with E-state index in [1.807, 2.05) is 0 Å². The van der Waals surface area contributed by atoms with Gasteiger partial charge in [0.15, 0.2) is 5.78 Å². The number of carbonyl (C=O) groups is 2. The Morgan fingerprint density at radius 3 is 2.44 bits per heavy atom. The van der Waals surface area contributed by atoms with Crippen LogP contribution in [-0.4, -0.2) is 23.5 Å². The molecule has 1 aromatic rings. The lowest BCUT2D eigenvalue weighted by Gasteiger charge is -2.20. The van der Waals surface area contributed by atoms with Crippen LogP contribution in [0.3, 0.4) is 0 Å². The predicted molar refractivity (Wildman–Crippen MR) is 68.4 cm³/mol. The highest BCUT2D eigenvalue weighted by Crippen LogP contribution is 2.27. The summed E-state index contributed by atoms with van der Waals surface area (Å²) in [5.41, 5.74) is -0.507. The van der Waals surface area contributed by atoms with E-state index in [9.17, 15) is 9.59 Å². The number of benzene rings is 1. The van der Waals surface area contributed by atoms with Crippen LogP contribution in [0, 0.1) is 5.41 Å². The maximum absolute atomic E-state index is 11.1. The van der Waals surface area contributed by atoms with Gasteiger partial charge < -0.3 is 9.84 Å². The maximum Gasteiger partial charge on any atom is 0.312 e. The topological polar surface area (TPSA) is 63.6 Å². The summed E-state index contributed by atoms with van der Waals surface area (Å²) in [6, 6.07) is 4.67. The van der Waals surface area contributed by atoms with Gasteiger partial charge in [-0.05, 0) is 39.0 Å². The van der Waals surface area contributed by atoms with Crippen LogP contribution in [0.5, 0.6) is 5.75 Å². The molecule has 0 saturated heterocycles. The monoisotopic (exact) mass is 270 g/mol. The minimum absolute atomic E-state index is 0.00146. The molecule has 18 heavy (non-hydrogen) atoms. The summed E-state index contributed by atoms with van der Waals surface area (Å²) in [4.78, 5) is 22.1. The lowest BCUT2D eigenvalue weighted by Crippen LogP contribution is -2.30. The minimum Gasteiger partial charge on any atom is -0.491 e. The fraction of sp³-hybridized carbons (Fsp3) is 0.385. The molecule has 0 bridgehead atoms. The van der Waals surface area contributed by atoms with Crippen LogP contribution in [0.1, 0.15) is 31.1 Å². The summed E-state index contributed by atoms with van der Waals surface area (Å²) in [5, 5.41) is 9.24. The molecule has 0 saturated carbocycles. The number of hydrogen-bond donors (Lipinski definition) is 1. The first-order valence-electron chi connectivity index (χ1n) is 5.41. The normalized spacial score (nSPS) is 11.1. The van der Waals surface area contributed by atoms with Crippen LogP contribution in [-0.2, 0) is 4.79 Å². The van der Waals surface area contributed by atoms with Gasteiger partial charge >= 0.3 is 5.97 Å². The molecule has 0 fully saturated rings. The molecule has 0 amide bonds. The van der Waals surface area contributed by atoms with E-state index in [1.165, 1.54) is 13.0 Å². The van der Waals surface area contributed by atoms with Gasteiger partial charge in [0.1, 0.15) is 12.4 Å². The molecule has 1 N–H and O–H groups in total. The van der Waals surface area contributed by atoms with Gasteiger partial charge in [-0.2, -0.15) is 0 Å². The third-order valence-electron chi connectivity index (χ3n) is 2.51. The van der Waals surface area contributed by atoms with E-state index in [4.69, 9.17) is 21.4 Å². The van der Waals surface area contributed by atoms with Crippen LogP contribution in [0.15, 0.2) is 18.2 Å². The van der Waals surface area contributed by atoms with E-state index in [1.54, 1.807) is 26.0 Å². The van der Waals surface area contributed by atoms with Crippen LogP contribution < -0.4 is 4.74 Å². The van der Waals surface area contributed by atoms with Crippen LogP contribution in [0.4, 0.5) is 0 Å². The average Bonchev–Trinajstić information content (AvgIpc) is 2.26. The number of carboxylic acid groups (broad SMARTS) is 1. The number of ketones is 1. The van der Waals surface area contributed by atoms with Crippen molar-refractivity contribution in [3.63, 3.8) is 0 Å². The van der Waals surface area contributed by atoms with E-state index in [-0.39, 0.29) is 12.4 Å². The Morgan fingerprint density at radius 1 is 1.39 bits per heavy atom. The summed E-state index contributed by atoms with van der Waals surface area (Å²) in [6.45, 7) is 4.57. The average molecular weight is 271 g/mol. The molecule has 0 radical (unpaired) electrons. The molecule has 0 unspecified atom stereocenters. The van der Waals surface area contributed by atoms with Gasteiger partial charge in [-0.1, -0.05) is 11.6 Å². The molecule has 0 aliphatic heterocycles. The van der Waals surface area contributed by atoms with Crippen molar-refractivity contribution in [2.24, 2.45) is 5.41 Å². The lowest BCUT2D eigenvalue weighted by atomic mass is 9.95. The van der Waals surface area contributed by atoms with Gasteiger partial charge in [-0.3, -0.25) is 9.59 Å². The van der Waals surface area contributed by atoms with Crippen molar-refractivity contribution in [1.82, 2.24) is 0 Å². The Hall–Kier alpha value is -1.55. The zero-order valence-electron chi connectivity index (χ0n) is 10.5. The summed E-state index contributed by atoms with van der Waals surface area (Å²) in [6.07, 6.45) is 0. The number of hydrogen-bond acceptors (Lipinski definition) is 3. The van der Waals surface area contributed by atoms with Crippen molar-refractivity contribution in [1.29, 1.82) is 0 Å². The molecule has 0 spiro atoms. The third-order valence-corrected chi connectivity index (χ3v) is 2.80. The zero-order valence-corrected chi connectivity index (χ0v) is 11.2. The lowest BCUT2D eigenvalue weighted by molar-refractivity contribution is -0.148. The smallest absolute Gasteiger partial charge is 0.312 e. The second kappa shape index (κ2) is 5.40. The number of halogens is 1. The Labute approximate surface area is 111 Å². The molecule has 0 atom stereocenters. The van der Waals surface area contributed by atoms with Crippen molar-refractivity contribution in [3.8, 4) is 5.75 Å². The maximum atomic E-state index is 11.1. The second-order valence-corrected chi connectivity index (χ2v) is 5.09. The summed E-state index contributed by atoms with van der Waals surface area (Å²) in [7, 11) is 0. The minimum atomic E-state index is -0.997. The van der Waals surface area contributed by atoms with Crippen LogP contribution in [0.2, 0.25) is 5.02 Å². The fourth-order valence-electron chi connectivity index (χ4n) is 1.16. The largest absolute Gasteiger partial charge is 0.491 e. The van der Waals surface area contributed by atoms with E-state index >= 15 is 0 Å². The van der Waals surface area contributed by atoms with Crippen molar-refractivity contribution in [2.45, 2.75) is 20.8 Å². The molecule has 0 aliphatic rings. The quantitative estimate of drug-likeness (QED) is 0.836. The molecule has 5 heteroatoms. The van der Waals surface area contributed by atoms with Crippen LogP contribution in [0.25, 0.3) is 0 Å². The number of carboxylic acids is 1. The molecule has 0 heterocycles. The first kappa shape index (κ1) is 14.5. The summed E-state index contributed by atoms with van der Waals surface area (Å²) >= 11 is 5.96. The number of rotatable bonds is 5. The van der Waals surface area contributed by atoms with E-state index in [0.29, 0.717) is 16.3 Å². The van der Waals surface area contributed by atoms with Crippen molar-refractivity contribution in [3.05, 3.63) is 28.8 Å². The Bertz CT molecular complexity index is 480. The number of aliphatic carboxylic acids is 1. The first-order valence-corrected chi connectivity index (χ1v) is 5.78. The molecular weight excluding hydrogens is 256 g/mol. The second-order valence-electron chi connectivity index (χ2n) is 4.68. The number of ether oxygens (including phenoxy) is 1. The van der Waals surface area contributed by atoms with Crippen LogP contribution >= 0.6 is 11.6 Å². The SMILES string of the molecule is CC(=O)c1ccc(OCC(C)(C)C(=O)O)c(Cl)c1. The van der Waals surface area contributed by atoms with Gasteiger partial charge in [0.25, 0.3) is 0 Å².